The summed E-state index contributed by atoms with van der Waals surface area (Å²) in [6, 6.07) is 8.65. The summed E-state index contributed by atoms with van der Waals surface area (Å²) < 4.78 is 1.15. The lowest BCUT2D eigenvalue weighted by Gasteiger charge is -2.30. The van der Waals surface area contributed by atoms with E-state index in [0.717, 1.165) is 17.3 Å². The van der Waals surface area contributed by atoms with Crippen molar-refractivity contribution in [2.24, 2.45) is 5.73 Å². The second-order valence-electron chi connectivity index (χ2n) is 4.97. The zero-order valence-corrected chi connectivity index (χ0v) is 12.6. The van der Waals surface area contributed by atoms with Gasteiger partial charge in [-0.1, -0.05) is 30.7 Å². The zero-order valence-electron chi connectivity index (χ0n) is 10.2. The molecule has 2 N–H and O–H groups in total. The van der Waals surface area contributed by atoms with Gasteiger partial charge in [-0.25, -0.2) is 0 Å². The quantitative estimate of drug-likeness (QED) is 0.772. The van der Waals surface area contributed by atoms with E-state index in [1.807, 2.05) is 0 Å². The van der Waals surface area contributed by atoms with Crippen molar-refractivity contribution in [2.75, 3.05) is 0 Å². The van der Waals surface area contributed by atoms with Gasteiger partial charge in [0.2, 0.25) is 0 Å². The summed E-state index contributed by atoms with van der Waals surface area (Å²) in [5, 5.41) is 4.31. The van der Waals surface area contributed by atoms with Crippen molar-refractivity contribution in [3.63, 3.8) is 0 Å². The molecule has 1 aliphatic rings. The third-order valence-electron chi connectivity index (χ3n) is 3.86. The maximum Gasteiger partial charge on any atom is 0.0687 e. The lowest BCUT2D eigenvalue weighted by molar-refractivity contribution is 0.479. The summed E-state index contributed by atoms with van der Waals surface area (Å²) in [7, 11) is 0. The van der Waals surface area contributed by atoms with Crippen molar-refractivity contribution in [2.45, 2.75) is 31.2 Å². The number of fused-ring (bicyclic) bond motifs is 1. The van der Waals surface area contributed by atoms with Gasteiger partial charge in [0.05, 0.1) is 5.54 Å². The van der Waals surface area contributed by atoms with E-state index in [2.05, 4.69) is 51.0 Å². The highest BCUT2D eigenvalue weighted by atomic mass is 79.9. The molecule has 1 aromatic heterocycles. The van der Waals surface area contributed by atoms with Crippen molar-refractivity contribution < 1.29 is 0 Å². The lowest BCUT2D eigenvalue weighted by Crippen LogP contribution is -2.38. The third kappa shape index (κ3) is 1.94. The predicted molar refractivity (Wildman–Crippen MR) is 81.0 cm³/mol. The molecule has 1 aromatic carbocycles. The van der Waals surface area contributed by atoms with Crippen molar-refractivity contribution >= 4 is 27.3 Å². The summed E-state index contributed by atoms with van der Waals surface area (Å²) in [6.07, 6.45) is 4.60. The second kappa shape index (κ2) is 4.80. The molecule has 1 aliphatic carbocycles. The zero-order chi connectivity index (χ0) is 12.6. The van der Waals surface area contributed by atoms with E-state index < -0.39 is 0 Å². The highest BCUT2D eigenvalue weighted by Crippen LogP contribution is 2.41. The Hall–Kier alpha value is -0.640. The van der Waals surface area contributed by atoms with Gasteiger partial charge in [0, 0.05) is 15.4 Å². The van der Waals surface area contributed by atoms with Crippen molar-refractivity contribution in [3.8, 4) is 0 Å². The second-order valence-corrected chi connectivity index (χ2v) is 6.57. The molecule has 1 heterocycles. The molecule has 0 amide bonds. The Balaban J connectivity index is 2.19. The fourth-order valence-corrected chi connectivity index (χ4v) is 4.64. The van der Waals surface area contributed by atoms with Crippen LogP contribution in [0.25, 0.3) is 0 Å². The highest BCUT2D eigenvalue weighted by Gasteiger charge is 2.34. The molecule has 0 aliphatic heterocycles. The third-order valence-corrected chi connectivity index (χ3v) is 5.56. The smallest absolute Gasteiger partial charge is 0.0687 e. The maximum atomic E-state index is 6.81. The molecule has 3 rings (SSSR count). The fourth-order valence-electron chi connectivity index (χ4n) is 2.91. The molecule has 2 aromatic rings. The Kier molecular flexibility index (Phi) is 3.31. The Bertz CT molecular complexity index is 563. The van der Waals surface area contributed by atoms with Crippen LogP contribution in [0, 0.1) is 0 Å². The summed E-state index contributed by atoms with van der Waals surface area (Å²) >= 11 is 5.36. The number of benzene rings is 1. The molecule has 1 atom stereocenters. The highest BCUT2D eigenvalue weighted by molar-refractivity contribution is 9.10. The summed E-state index contributed by atoms with van der Waals surface area (Å²) in [4.78, 5) is 0. The van der Waals surface area contributed by atoms with Gasteiger partial charge in [-0.05, 0) is 51.7 Å². The molecule has 0 saturated heterocycles. The van der Waals surface area contributed by atoms with Crippen LogP contribution in [0.4, 0.5) is 0 Å². The minimum atomic E-state index is -0.327. The Morgan fingerprint density at radius 2 is 1.94 bits per heavy atom. The first-order valence-electron chi connectivity index (χ1n) is 6.31. The molecule has 94 valence electrons. The van der Waals surface area contributed by atoms with Gasteiger partial charge in [0.15, 0.2) is 0 Å². The Labute approximate surface area is 120 Å². The van der Waals surface area contributed by atoms with Crippen LogP contribution in [-0.2, 0) is 12.0 Å². The molecule has 3 heteroatoms. The van der Waals surface area contributed by atoms with Crippen LogP contribution >= 0.6 is 27.3 Å². The van der Waals surface area contributed by atoms with E-state index in [1.165, 1.54) is 29.5 Å². The van der Waals surface area contributed by atoms with E-state index in [9.17, 15) is 0 Å². The average molecular weight is 322 g/mol. The van der Waals surface area contributed by atoms with Crippen LogP contribution in [0.1, 0.15) is 36.0 Å². The first kappa shape index (κ1) is 12.4. The molecular formula is C15H16BrNS. The molecule has 0 saturated carbocycles. The first-order valence-corrected chi connectivity index (χ1v) is 8.05. The predicted octanol–water partition coefficient (Wildman–Crippen LogP) is 4.44. The monoisotopic (exact) mass is 321 g/mol. The van der Waals surface area contributed by atoms with Gasteiger partial charge >= 0.3 is 0 Å². The van der Waals surface area contributed by atoms with Gasteiger partial charge in [0.25, 0.3) is 0 Å². The Morgan fingerprint density at radius 3 is 2.72 bits per heavy atom. The van der Waals surface area contributed by atoms with E-state index in [1.54, 1.807) is 11.3 Å². The molecule has 1 unspecified atom stereocenters. The van der Waals surface area contributed by atoms with E-state index in [0.29, 0.717) is 0 Å². The van der Waals surface area contributed by atoms with E-state index >= 15 is 0 Å². The van der Waals surface area contributed by atoms with Gasteiger partial charge < -0.3 is 5.73 Å². The molecular weight excluding hydrogens is 306 g/mol. The van der Waals surface area contributed by atoms with Crippen LogP contribution in [0.3, 0.4) is 0 Å². The van der Waals surface area contributed by atoms with Crippen LogP contribution in [0.5, 0.6) is 0 Å². The largest absolute Gasteiger partial charge is 0.318 e. The number of hydrogen-bond acceptors (Lipinski definition) is 2. The topological polar surface area (TPSA) is 26.0 Å². The molecule has 0 radical (unpaired) electrons. The molecule has 0 fully saturated rings. The van der Waals surface area contributed by atoms with Crippen LogP contribution in [0.2, 0.25) is 0 Å². The lowest BCUT2D eigenvalue weighted by atomic mass is 9.81. The first-order chi connectivity index (χ1) is 8.72. The number of aryl methyl sites for hydroxylation is 1. The summed E-state index contributed by atoms with van der Waals surface area (Å²) in [5.41, 5.74) is 10.4. The number of nitrogens with two attached hydrogens (primary N) is 1. The van der Waals surface area contributed by atoms with Gasteiger partial charge in [-0.3, -0.25) is 0 Å². The average Bonchev–Trinajstić information content (AvgIpc) is 2.74. The van der Waals surface area contributed by atoms with Crippen molar-refractivity contribution in [1.29, 1.82) is 0 Å². The number of rotatable bonds is 1. The van der Waals surface area contributed by atoms with Crippen molar-refractivity contribution in [3.05, 3.63) is 56.2 Å². The van der Waals surface area contributed by atoms with Gasteiger partial charge in [-0.15, -0.1) is 0 Å². The van der Waals surface area contributed by atoms with Gasteiger partial charge in [-0.2, -0.15) is 11.3 Å². The summed E-state index contributed by atoms with van der Waals surface area (Å²) in [6.45, 7) is 0. The summed E-state index contributed by atoms with van der Waals surface area (Å²) in [5.74, 6) is 0. The minimum absolute atomic E-state index is 0.327. The van der Waals surface area contributed by atoms with E-state index in [4.69, 9.17) is 5.73 Å². The minimum Gasteiger partial charge on any atom is -0.318 e. The Morgan fingerprint density at radius 1 is 1.11 bits per heavy atom. The fraction of sp³-hybridized carbons (Fsp3) is 0.333. The number of hydrogen-bond donors (Lipinski definition) is 1. The SMILES string of the molecule is NC1(c2cscc2Br)CCCCc2ccccc21. The normalized spacial score (nSPS) is 23.4. The van der Waals surface area contributed by atoms with Crippen LogP contribution < -0.4 is 5.73 Å². The van der Waals surface area contributed by atoms with Crippen LogP contribution in [0.15, 0.2) is 39.5 Å². The molecule has 1 nitrogen and oxygen atoms in total. The standard InChI is InChI=1S/C15H16BrNS/c16-14-10-18-9-13(14)15(17)8-4-3-6-11-5-1-2-7-12(11)15/h1-2,5,7,9-10H,3-4,6,8,17H2. The van der Waals surface area contributed by atoms with Crippen LogP contribution in [-0.4, -0.2) is 0 Å². The van der Waals surface area contributed by atoms with Gasteiger partial charge in [0.1, 0.15) is 0 Å². The number of thiophene rings is 1. The maximum absolute atomic E-state index is 6.81. The molecule has 0 spiro atoms. The molecule has 18 heavy (non-hydrogen) atoms. The molecule has 0 bridgehead atoms. The number of halogens is 1. The van der Waals surface area contributed by atoms with Crippen molar-refractivity contribution in [1.82, 2.24) is 0 Å². The van der Waals surface area contributed by atoms with E-state index in [-0.39, 0.29) is 5.54 Å².